The van der Waals surface area contributed by atoms with Gasteiger partial charge in [-0.25, -0.2) is 8.42 Å². The van der Waals surface area contributed by atoms with E-state index in [2.05, 4.69) is 0 Å². The monoisotopic (exact) mass is 345 g/mol. The van der Waals surface area contributed by atoms with Gasteiger partial charge >= 0.3 is 0 Å². The first-order chi connectivity index (χ1) is 11.5. The van der Waals surface area contributed by atoms with Crippen LogP contribution in [0.25, 0.3) is 0 Å². The smallest absolute Gasteiger partial charge is 0.253 e. The van der Waals surface area contributed by atoms with Crippen molar-refractivity contribution in [2.24, 2.45) is 0 Å². The Balaban J connectivity index is 1.70. The van der Waals surface area contributed by atoms with Gasteiger partial charge in [0, 0.05) is 37.4 Å². The van der Waals surface area contributed by atoms with Crippen LogP contribution in [0.1, 0.15) is 10.4 Å². The van der Waals surface area contributed by atoms with Crippen molar-refractivity contribution >= 4 is 21.6 Å². The number of benzene rings is 2. The molecular weight excluding hydrogens is 326 g/mol. The molecule has 2 aromatic carbocycles. The Kier molecular flexibility index (Phi) is 4.55. The van der Waals surface area contributed by atoms with Gasteiger partial charge in [0.15, 0.2) is 0 Å². The van der Waals surface area contributed by atoms with Crippen molar-refractivity contribution in [3.8, 4) is 0 Å². The molecule has 0 unspecified atom stereocenters. The molecule has 126 valence electrons. The van der Waals surface area contributed by atoms with Gasteiger partial charge in [-0.3, -0.25) is 4.79 Å². The summed E-state index contributed by atoms with van der Waals surface area (Å²) < 4.78 is 26.7. The van der Waals surface area contributed by atoms with Crippen molar-refractivity contribution in [3.63, 3.8) is 0 Å². The van der Waals surface area contributed by atoms with Crippen LogP contribution in [0.4, 0.5) is 5.69 Å². The summed E-state index contributed by atoms with van der Waals surface area (Å²) in [5.74, 6) is -0.0726. The molecule has 24 heavy (non-hydrogen) atoms. The molecule has 1 saturated heterocycles. The Hall–Kier alpha value is -2.38. The van der Waals surface area contributed by atoms with Crippen LogP contribution in [-0.4, -0.2) is 49.7 Å². The Morgan fingerprint density at radius 1 is 0.917 bits per heavy atom. The highest BCUT2D eigenvalue weighted by atomic mass is 32.2. The molecule has 2 aromatic rings. The minimum absolute atomic E-state index is 0.0726. The maximum absolute atomic E-state index is 12.7. The summed E-state index contributed by atoms with van der Waals surface area (Å²) in [4.78, 5) is 14.3. The van der Waals surface area contributed by atoms with Crippen LogP contribution in [0.15, 0.2) is 59.5 Å². The van der Waals surface area contributed by atoms with E-state index < -0.39 is 10.0 Å². The molecule has 0 spiro atoms. The van der Waals surface area contributed by atoms with Crippen molar-refractivity contribution in [1.29, 1.82) is 0 Å². The minimum Gasteiger partial charge on any atom is -0.399 e. The first-order valence-corrected chi connectivity index (χ1v) is 9.12. The van der Waals surface area contributed by atoms with Crippen LogP contribution in [0.2, 0.25) is 0 Å². The highest BCUT2D eigenvalue weighted by Crippen LogP contribution is 2.20. The van der Waals surface area contributed by atoms with Gasteiger partial charge in [-0.2, -0.15) is 4.31 Å². The maximum atomic E-state index is 12.7. The number of carbonyl (C=O) groups excluding carboxylic acids is 1. The van der Waals surface area contributed by atoms with E-state index in [1.54, 1.807) is 29.2 Å². The Labute approximate surface area is 141 Å². The predicted molar refractivity (Wildman–Crippen MR) is 92.0 cm³/mol. The zero-order valence-corrected chi connectivity index (χ0v) is 13.9. The van der Waals surface area contributed by atoms with Gasteiger partial charge in [-0.15, -0.1) is 0 Å². The zero-order valence-electron chi connectivity index (χ0n) is 13.1. The highest BCUT2D eigenvalue weighted by Gasteiger charge is 2.30. The highest BCUT2D eigenvalue weighted by molar-refractivity contribution is 7.89. The number of nitrogen functional groups attached to an aromatic ring is 1. The Bertz CT molecular complexity index is 829. The number of piperazine rings is 1. The first kappa shape index (κ1) is 16.5. The molecule has 7 heteroatoms. The van der Waals surface area contributed by atoms with Gasteiger partial charge in [0.05, 0.1) is 4.90 Å². The quantitative estimate of drug-likeness (QED) is 0.853. The molecule has 6 nitrogen and oxygen atoms in total. The van der Waals surface area contributed by atoms with E-state index >= 15 is 0 Å². The Morgan fingerprint density at radius 3 is 2.21 bits per heavy atom. The number of anilines is 1. The average molecular weight is 345 g/mol. The van der Waals surface area contributed by atoms with E-state index in [4.69, 9.17) is 5.73 Å². The molecule has 0 aliphatic carbocycles. The molecule has 0 saturated carbocycles. The topological polar surface area (TPSA) is 83.7 Å². The number of rotatable bonds is 3. The normalized spacial score (nSPS) is 16.1. The van der Waals surface area contributed by atoms with Crippen LogP contribution in [-0.2, 0) is 10.0 Å². The van der Waals surface area contributed by atoms with Gasteiger partial charge in [-0.05, 0) is 30.3 Å². The molecule has 0 bridgehead atoms. The Morgan fingerprint density at radius 2 is 1.58 bits per heavy atom. The fraction of sp³-hybridized carbons (Fsp3) is 0.235. The molecule has 0 radical (unpaired) electrons. The minimum atomic E-state index is -3.58. The molecule has 0 atom stereocenters. The second kappa shape index (κ2) is 6.62. The van der Waals surface area contributed by atoms with Crippen molar-refractivity contribution in [1.82, 2.24) is 9.21 Å². The van der Waals surface area contributed by atoms with E-state index in [0.717, 1.165) is 0 Å². The van der Waals surface area contributed by atoms with Crippen LogP contribution in [0.3, 0.4) is 0 Å². The lowest BCUT2D eigenvalue weighted by Gasteiger charge is -2.34. The van der Waals surface area contributed by atoms with E-state index in [-0.39, 0.29) is 23.9 Å². The molecule has 2 N–H and O–H groups in total. The molecule has 1 amide bonds. The first-order valence-electron chi connectivity index (χ1n) is 7.68. The third-order valence-electron chi connectivity index (χ3n) is 4.04. The van der Waals surface area contributed by atoms with Crippen LogP contribution in [0.5, 0.6) is 0 Å². The number of nitrogens with zero attached hydrogens (tertiary/aromatic N) is 2. The SMILES string of the molecule is Nc1cccc(S(=O)(=O)N2CCN(C(=O)c3ccccc3)CC2)c1. The van der Waals surface area contributed by atoms with Crippen molar-refractivity contribution in [2.75, 3.05) is 31.9 Å². The lowest BCUT2D eigenvalue weighted by Crippen LogP contribution is -2.50. The van der Waals surface area contributed by atoms with Gasteiger partial charge < -0.3 is 10.6 Å². The summed E-state index contributed by atoms with van der Waals surface area (Å²) in [6, 6.07) is 15.3. The number of amides is 1. The summed E-state index contributed by atoms with van der Waals surface area (Å²) in [5, 5.41) is 0. The second-order valence-electron chi connectivity index (χ2n) is 5.63. The van der Waals surface area contributed by atoms with Crippen molar-refractivity contribution in [2.45, 2.75) is 4.90 Å². The summed E-state index contributed by atoms with van der Waals surface area (Å²) in [6.45, 7) is 1.29. The van der Waals surface area contributed by atoms with Crippen LogP contribution in [0, 0.1) is 0 Å². The molecule has 1 aliphatic heterocycles. The van der Waals surface area contributed by atoms with E-state index in [1.807, 2.05) is 18.2 Å². The van der Waals surface area contributed by atoms with Crippen LogP contribution < -0.4 is 5.73 Å². The summed E-state index contributed by atoms with van der Waals surface area (Å²) in [5.41, 5.74) is 6.70. The van der Waals surface area contributed by atoms with E-state index in [1.165, 1.54) is 16.4 Å². The fourth-order valence-corrected chi connectivity index (χ4v) is 4.20. The van der Waals surface area contributed by atoms with Gasteiger partial charge in [0.25, 0.3) is 5.91 Å². The van der Waals surface area contributed by atoms with Crippen molar-refractivity contribution in [3.05, 3.63) is 60.2 Å². The molecule has 1 fully saturated rings. The average Bonchev–Trinajstić information content (AvgIpc) is 2.62. The molecule has 1 aliphatic rings. The van der Waals surface area contributed by atoms with E-state index in [0.29, 0.717) is 24.3 Å². The lowest BCUT2D eigenvalue weighted by molar-refractivity contribution is 0.0698. The standard InChI is InChI=1S/C17H19N3O3S/c18-15-7-4-8-16(13-15)24(22,23)20-11-9-19(10-12-20)17(21)14-5-2-1-3-6-14/h1-8,13H,9-12,18H2. The predicted octanol–water partition coefficient (Wildman–Crippen LogP) is 1.42. The fourth-order valence-electron chi connectivity index (χ4n) is 2.72. The second-order valence-corrected chi connectivity index (χ2v) is 7.57. The van der Waals surface area contributed by atoms with Gasteiger partial charge in [0.1, 0.15) is 0 Å². The summed E-state index contributed by atoms with van der Waals surface area (Å²) >= 11 is 0. The molecule has 3 rings (SSSR count). The van der Waals surface area contributed by atoms with E-state index in [9.17, 15) is 13.2 Å². The van der Waals surface area contributed by atoms with Gasteiger partial charge in [0.2, 0.25) is 10.0 Å². The van der Waals surface area contributed by atoms with Gasteiger partial charge in [-0.1, -0.05) is 24.3 Å². The van der Waals surface area contributed by atoms with Crippen LogP contribution >= 0.6 is 0 Å². The molecular formula is C17H19N3O3S. The third-order valence-corrected chi connectivity index (χ3v) is 5.94. The number of hydrogen-bond donors (Lipinski definition) is 1. The number of hydrogen-bond acceptors (Lipinski definition) is 4. The number of carbonyl (C=O) groups is 1. The molecule has 0 aromatic heterocycles. The summed E-state index contributed by atoms with van der Waals surface area (Å²) in [6.07, 6.45) is 0. The zero-order chi connectivity index (χ0) is 17.2. The lowest BCUT2D eigenvalue weighted by atomic mass is 10.2. The summed E-state index contributed by atoms with van der Waals surface area (Å²) in [7, 11) is -3.58. The van der Waals surface area contributed by atoms with Crippen molar-refractivity contribution < 1.29 is 13.2 Å². The number of nitrogens with two attached hydrogens (primary N) is 1. The maximum Gasteiger partial charge on any atom is 0.253 e. The largest absolute Gasteiger partial charge is 0.399 e. The molecule has 1 heterocycles. The third kappa shape index (κ3) is 3.27. The number of sulfonamides is 1.